The lowest BCUT2D eigenvalue weighted by molar-refractivity contribution is 0.299. The summed E-state index contributed by atoms with van der Waals surface area (Å²) < 4.78 is 19.2. The Kier molecular flexibility index (Phi) is 4.81. The summed E-state index contributed by atoms with van der Waals surface area (Å²) in [5.41, 5.74) is 6.43. The highest BCUT2D eigenvalue weighted by Gasteiger charge is 2.12. The molecule has 0 bridgehead atoms. The van der Waals surface area contributed by atoms with Crippen molar-refractivity contribution < 1.29 is 9.13 Å². The molecule has 0 fully saturated rings. The van der Waals surface area contributed by atoms with Gasteiger partial charge < -0.3 is 10.5 Å². The van der Waals surface area contributed by atoms with Crippen molar-refractivity contribution in [1.82, 2.24) is 0 Å². The van der Waals surface area contributed by atoms with Crippen LogP contribution in [0.1, 0.15) is 11.1 Å². The van der Waals surface area contributed by atoms with Crippen molar-refractivity contribution in [3.63, 3.8) is 0 Å². The van der Waals surface area contributed by atoms with E-state index in [1.54, 1.807) is 30.3 Å². The lowest BCUT2D eigenvalue weighted by Crippen LogP contribution is -2.12. The first-order valence-electron chi connectivity index (χ1n) is 5.64. The zero-order valence-electron chi connectivity index (χ0n) is 10.2. The summed E-state index contributed by atoms with van der Waals surface area (Å²) in [6.07, 6.45) is 0. The molecule has 0 amide bonds. The molecule has 0 spiro atoms. The molecule has 2 aromatic carbocycles. The van der Waals surface area contributed by atoms with Crippen molar-refractivity contribution in [2.45, 2.75) is 6.61 Å². The van der Waals surface area contributed by atoms with Crippen LogP contribution in [0.5, 0.6) is 5.75 Å². The third-order valence-electron chi connectivity index (χ3n) is 2.62. The summed E-state index contributed by atoms with van der Waals surface area (Å²) in [6, 6.07) is 9.42. The Hall–Kier alpha value is -1.36. The van der Waals surface area contributed by atoms with Crippen LogP contribution in [0.4, 0.5) is 4.39 Å². The second-order valence-electron chi connectivity index (χ2n) is 4.00. The Bertz CT molecular complexity index is 664. The van der Waals surface area contributed by atoms with E-state index in [4.69, 9.17) is 45.9 Å². The van der Waals surface area contributed by atoms with Crippen LogP contribution in [-0.2, 0) is 6.61 Å². The monoisotopic (exact) mass is 329 g/mol. The average molecular weight is 330 g/mol. The largest absolute Gasteiger partial charge is 0.488 e. The van der Waals surface area contributed by atoms with Crippen molar-refractivity contribution in [1.29, 1.82) is 0 Å². The third-order valence-corrected chi connectivity index (χ3v) is 3.37. The van der Waals surface area contributed by atoms with Gasteiger partial charge in [0.2, 0.25) is 0 Å². The average Bonchev–Trinajstić information content (AvgIpc) is 2.37. The molecule has 0 aliphatic rings. The van der Waals surface area contributed by atoms with Crippen LogP contribution in [0.25, 0.3) is 0 Å². The van der Waals surface area contributed by atoms with Crippen molar-refractivity contribution in [2.24, 2.45) is 5.73 Å². The van der Waals surface area contributed by atoms with Crippen LogP contribution in [0.15, 0.2) is 36.4 Å². The smallest absolute Gasteiger partial charge is 0.131 e. The zero-order valence-corrected chi connectivity index (χ0v) is 12.5. The Morgan fingerprint density at radius 3 is 2.65 bits per heavy atom. The maximum absolute atomic E-state index is 13.7. The minimum atomic E-state index is -0.434. The van der Waals surface area contributed by atoms with Gasteiger partial charge in [0, 0.05) is 10.6 Å². The van der Waals surface area contributed by atoms with Gasteiger partial charge in [0.15, 0.2) is 0 Å². The van der Waals surface area contributed by atoms with Gasteiger partial charge in [-0.15, -0.1) is 0 Å². The van der Waals surface area contributed by atoms with E-state index < -0.39 is 5.82 Å². The summed E-state index contributed by atoms with van der Waals surface area (Å²) in [6.45, 7) is 0.0267. The molecule has 0 atom stereocenters. The SMILES string of the molecule is NC(=S)c1c(Cl)cccc1OCc1ccc(Cl)cc1F. The molecule has 0 aliphatic heterocycles. The first-order chi connectivity index (χ1) is 9.49. The maximum Gasteiger partial charge on any atom is 0.131 e. The molecule has 104 valence electrons. The molecule has 0 radical (unpaired) electrons. The molecule has 0 saturated carbocycles. The van der Waals surface area contributed by atoms with E-state index in [1.807, 2.05) is 0 Å². The standard InChI is InChI=1S/C14H10Cl2FNOS/c15-9-5-4-8(11(17)6-9)7-19-12-3-1-2-10(16)13(12)14(18)20/h1-6H,7H2,(H2,18,20). The van der Waals surface area contributed by atoms with Crippen molar-refractivity contribution in [3.8, 4) is 5.75 Å². The predicted octanol–water partition coefficient (Wildman–Crippen LogP) is 4.35. The lowest BCUT2D eigenvalue weighted by atomic mass is 10.2. The molecule has 0 unspecified atom stereocenters. The summed E-state index contributed by atoms with van der Waals surface area (Å²) >= 11 is 16.6. The second kappa shape index (κ2) is 6.39. The summed E-state index contributed by atoms with van der Waals surface area (Å²) in [4.78, 5) is 0.127. The normalized spacial score (nSPS) is 10.3. The molecular weight excluding hydrogens is 320 g/mol. The van der Waals surface area contributed by atoms with E-state index in [9.17, 15) is 4.39 Å². The highest BCUT2D eigenvalue weighted by molar-refractivity contribution is 7.80. The fourth-order valence-electron chi connectivity index (χ4n) is 1.66. The van der Waals surface area contributed by atoms with Gasteiger partial charge in [-0.05, 0) is 24.3 Å². The molecule has 6 heteroatoms. The zero-order chi connectivity index (χ0) is 14.7. The third kappa shape index (κ3) is 3.39. The predicted molar refractivity (Wildman–Crippen MR) is 83.1 cm³/mol. The Morgan fingerprint density at radius 2 is 2.00 bits per heavy atom. The maximum atomic E-state index is 13.7. The minimum Gasteiger partial charge on any atom is -0.488 e. The Balaban J connectivity index is 2.23. The van der Waals surface area contributed by atoms with Gasteiger partial charge in [-0.3, -0.25) is 0 Å². The quantitative estimate of drug-likeness (QED) is 0.847. The van der Waals surface area contributed by atoms with Crippen molar-refractivity contribution in [3.05, 3.63) is 63.4 Å². The van der Waals surface area contributed by atoms with E-state index in [2.05, 4.69) is 0 Å². The van der Waals surface area contributed by atoms with E-state index in [-0.39, 0.29) is 11.6 Å². The van der Waals surface area contributed by atoms with Gasteiger partial charge in [-0.25, -0.2) is 4.39 Å². The van der Waals surface area contributed by atoms with Gasteiger partial charge in [0.25, 0.3) is 0 Å². The first-order valence-corrected chi connectivity index (χ1v) is 6.80. The van der Waals surface area contributed by atoms with Crippen LogP contribution in [-0.4, -0.2) is 4.99 Å². The van der Waals surface area contributed by atoms with E-state index >= 15 is 0 Å². The number of benzene rings is 2. The van der Waals surface area contributed by atoms with Gasteiger partial charge in [0.1, 0.15) is 23.2 Å². The number of hydrogen-bond donors (Lipinski definition) is 1. The molecule has 2 rings (SSSR count). The summed E-state index contributed by atoms with van der Waals surface area (Å²) in [5.74, 6) is -0.0178. The summed E-state index contributed by atoms with van der Waals surface area (Å²) in [5, 5.41) is 0.726. The molecule has 20 heavy (non-hydrogen) atoms. The molecular formula is C14H10Cl2FNOS. The van der Waals surface area contributed by atoms with Crippen molar-refractivity contribution >= 4 is 40.4 Å². The van der Waals surface area contributed by atoms with Crippen molar-refractivity contribution in [2.75, 3.05) is 0 Å². The van der Waals surface area contributed by atoms with Crippen LogP contribution in [0.2, 0.25) is 10.0 Å². The fourth-order valence-corrected chi connectivity index (χ4v) is 2.35. The molecule has 2 aromatic rings. The van der Waals surface area contributed by atoms with E-state index in [0.29, 0.717) is 26.9 Å². The highest BCUT2D eigenvalue weighted by atomic mass is 35.5. The van der Waals surface area contributed by atoms with Gasteiger partial charge >= 0.3 is 0 Å². The Morgan fingerprint density at radius 1 is 1.25 bits per heavy atom. The number of ether oxygens (including phenoxy) is 1. The van der Waals surface area contributed by atoms with E-state index in [1.165, 1.54) is 6.07 Å². The lowest BCUT2D eigenvalue weighted by Gasteiger charge is -2.12. The second-order valence-corrected chi connectivity index (χ2v) is 5.29. The van der Waals surface area contributed by atoms with Crippen LogP contribution in [0.3, 0.4) is 0 Å². The summed E-state index contributed by atoms with van der Waals surface area (Å²) in [7, 11) is 0. The Labute approximate surface area is 131 Å². The van der Waals surface area contributed by atoms with Gasteiger partial charge in [-0.1, -0.05) is 47.6 Å². The minimum absolute atomic E-state index is 0.0267. The first kappa shape index (κ1) is 15.0. The van der Waals surface area contributed by atoms with E-state index in [0.717, 1.165) is 0 Å². The fraction of sp³-hybridized carbons (Fsp3) is 0.0714. The van der Waals surface area contributed by atoms with Gasteiger partial charge in [0.05, 0.1) is 10.6 Å². The molecule has 0 aromatic heterocycles. The molecule has 2 N–H and O–H groups in total. The number of nitrogens with two attached hydrogens (primary N) is 1. The van der Waals surface area contributed by atoms with Crippen LogP contribution < -0.4 is 10.5 Å². The topological polar surface area (TPSA) is 35.2 Å². The molecule has 0 aliphatic carbocycles. The molecule has 2 nitrogen and oxygen atoms in total. The number of rotatable bonds is 4. The number of halogens is 3. The molecule has 0 heterocycles. The number of thiocarbonyl (C=S) groups is 1. The van der Waals surface area contributed by atoms with Crippen LogP contribution in [0, 0.1) is 5.82 Å². The van der Waals surface area contributed by atoms with Gasteiger partial charge in [-0.2, -0.15) is 0 Å². The number of hydrogen-bond acceptors (Lipinski definition) is 2. The highest BCUT2D eigenvalue weighted by Crippen LogP contribution is 2.27. The molecule has 0 saturated heterocycles. The van der Waals surface area contributed by atoms with Crippen LogP contribution >= 0.6 is 35.4 Å².